The number of fused-ring (bicyclic) bond motifs is 1. The molecule has 5 rings (SSSR count). The monoisotopic (exact) mass is 484 g/mol. The number of rotatable bonds is 6. The van der Waals surface area contributed by atoms with Crippen molar-refractivity contribution in [2.75, 3.05) is 14.2 Å². The van der Waals surface area contributed by atoms with Crippen LogP contribution in [0.25, 0.3) is 22.6 Å². The number of nitrogens with one attached hydrogen (secondary N) is 1. The number of hydrogen-bond acceptors (Lipinski definition) is 8. The Bertz CT molecular complexity index is 1450. The summed E-state index contributed by atoms with van der Waals surface area (Å²) in [6.07, 6.45) is 4.38. The van der Waals surface area contributed by atoms with Crippen LogP contribution in [0.1, 0.15) is 35.2 Å². The van der Waals surface area contributed by atoms with Crippen molar-refractivity contribution in [3.63, 3.8) is 0 Å². The summed E-state index contributed by atoms with van der Waals surface area (Å²) in [6.45, 7) is 0.541. The van der Waals surface area contributed by atoms with Crippen LogP contribution in [0.2, 0.25) is 0 Å². The standard InChI is InChI=1S/C26H24N6O4/c1-35-21-9-4-10-22(36-2)24(21)17-6-3-7-19(29-17)26(34)31-18-8-5-13-32-23(33)14-20(30-25(18)32)16-11-12-27-15-28-16/h3-4,6-7,9-12,14-15,18H,5,8,13H2,1-2H3,(H,31,34). The van der Waals surface area contributed by atoms with E-state index in [9.17, 15) is 9.59 Å². The van der Waals surface area contributed by atoms with E-state index < -0.39 is 6.04 Å². The minimum absolute atomic E-state index is 0.184. The topological polar surface area (TPSA) is 121 Å². The fourth-order valence-corrected chi connectivity index (χ4v) is 4.34. The smallest absolute Gasteiger partial charge is 0.270 e. The molecule has 0 fully saturated rings. The number of methoxy groups -OCH3 is 2. The minimum Gasteiger partial charge on any atom is -0.496 e. The molecule has 0 bridgehead atoms. The summed E-state index contributed by atoms with van der Waals surface area (Å²) in [5.41, 5.74) is 2.23. The highest BCUT2D eigenvalue weighted by Gasteiger charge is 2.26. The van der Waals surface area contributed by atoms with Gasteiger partial charge in [-0.05, 0) is 43.2 Å². The van der Waals surface area contributed by atoms with Crippen LogP contribution in [-0.4, -0.2) is 44.6 Å². The van der Waals surface area contributed by atoms with Crippen LogP contribution >= 0.6 is 0 Å². The van der Waals surface area contributed by atoms with Gasteiger partial charge < -0.3 is 14.8 Å². The number of nitrogens with zero attached hydrogens (tertiary/aromatic N) is 5. The molecule has 4 heterocycles. The molecule has 10 heteroatoms. The number of amides is 1. The number of carbonyl (C=O) groups is 1. The molecular weight excluding hydrogens is 460 g/mol. The molecule has 1 amide bonds. The molecule has 182 valence electrons. The lowest BCUT2D eigenvalue weighted by atomic mass is 10.1. The zero-order chi connectivity index (χ0) is 25.1. The van der Waals surface area contributed by atoms with Crippen LogP contribution in [0.5, 0.6) is 11.5 Å². The highest BCUT2D eigenvalue weighted by molar-refractivity contribution is 5.93. The van der Waals surface area contributed by atoms with Crippen molar-refractivity contribution < 1.29 is 14.3 Å². The molecule has 0 spiro atoms. The lowest BCUT2D eigenvalue weighted by Gasteiger charge is -2.26. The summed E-state index contributed by atoms with van der Waals surface area (Å²) in [6, 6.07) is 13.3. The van der Waals surface area contributed by atoms with Crippen molar-refractivity contribution in [3.8, 4) is 34.1 Å². The maximum absolute atomic E-state index is 13.3. The van der Waals surface area contributed by atoms with E-state index in [1.54, 1.807) is 49.2 Å². The Hall–Kier alpha value is -4.60. The summed E-state index contributed by atoms with van der Waals surface area (Å²) in [4.78, 5) is 43.5. The molecule has 0 saturated carbocycles. The van der Waals surface area contributed by atoms with E-state index in [-0.39, 0.29) is 17.2 Å². The molecule has 10 nitrogen and oxygen atoms in total. The third-order valence-electron chi connectivity index (χ3n) is 6.04. The van der Waals surface area contributed by atoms with Gasteiger partial charge in [0.15, 0.2) is 0 Å². The van der Waals surface area contributed by atoms with Gasteiger partial charge in [0.2, 0.25) is 0 Å². The molecule has 0 saturated heterocycles. The maximum Gasteiger partial charge on any atom is 0.270 e. The highest BCUT2D eigenvalue weighted by Crippen LogP contribution is 2.37. The van der Waals surface area contributed by atoms with Gasteiger partial charge in [0, 0.05) is 18.8 Å². The number of carbonyl (C=O) groups excluding carboxylic acids is 1. The summed E-state index contributed by atoms with van der Waals surface area (Å²) < 4.78 is 12.6. The normalized spacial score (nSPS) is 14.6. The Morgan fingerprint density at radius 2 is 1.78 bits per heavy atom. The van der Waals surface area contributed by atoms with Gasteiger partial charge in [0.1, 0.15) is 29.3 Å². The van der Waals surface area contributed by atoms with Gasteiger partial charge in [-0.25, -0.2) is 19.9 Å². The fraction of sp³-hybridized carbons (Fsp3) is 0.231. The average molecular weight is 485 g/mol. The van der Waals surface area contributed by atoms with Crippen LogP contribution in [0.3, 0.4) is 0 Å². The number of ether oxygens (including phenoxy) is 2. The van der Waals surface area contributed by atoms with Crippen LogP contribution in [0.15, 0.2) is 65.8 Å². The molecule has 0 radical (unpaired) electrons. The molecule has 3 aromatic heterocycles. The minimum atomic E-state index is -0.452. The van der Waals surface area contributed by atoms with Gasteiger partial charge in [0.05, 0.1) is 42.9 Å². The SMILES string of the molecule is COc1cccc(OC)c1-c1cccc(C(=O)NC2CCCn3c2nc(-c2ccncn2)cc3=O)n1. The second-order valence-electron chi connectivity index (χ2n) is 8.20. The number of hydrogen-bond donors (Lipinski definition) is 1. The molecule has 1 unspecified atom stereocenters. The molecule has 4 aromatic rings. The van der Waals surface area contributed by atoms with Crippen molar-refractivity contribution in [1.82, 2.24) is 29.8 Å². The molecule has 36 heavy (non-hydrogen) atoms. The van der Waals surface area contributed by atoms with Gasteiger partial charge in [-0.15, -0.1) is 0 Å². The number of benzene rings is 1. The van der Waals surface area contributed by atoms with Gasteiger partial charge >= 0.3 is 0 Å². The van der Waals surface area contributed by atoms with Crippen molar-refractivity contribution in [2.24, 2.45) is 0 Å². The maximum atomic E-state index is 13.3. The van der Waals surface area contributed by atoms with E-state index in [1.807, 2.05) is 18.2 Å². The summed E-state index contributed by atoms with van der Waals surface area (Å²) >= 11 is 0. The molecule has 1 aliphatic heterocycles. The quantitative estimate of drug-likeness (QED) is 0.443. The van der Waals surface area contributed by atoms with Gasteiger partial charge in [-0.3, -0.25) is 14.2 Å². The number of pyridine rings is 1. The van der Waals surface area contributed by atoms with Crippen molar-refractivity contribution >= 4 is 5.91 Å². The second-order valence-corrected chi connectivity index (χ2v) is 8.20. The zero-order valence-corrected chi connectivity index (χ0v) is 19.8. The molecule has 1 atom stereocenters. The predicted molar refractivity (Wildman–Crippen MR) is 132 cm³/mol. The van der Waals surface area contributed by atoms with Crippen LogP contribution in [0, 0.1) is 0 Å². The van der Waals surface area contributed by atoms with Crippen LogP contribution in [0.4, 0.5) is 0 Å². The lowest BCUT2D eigenvalue weighted by Crippen LogP contribution is -2.38. The summed E-state index contributed by atoms with van der Waals surface area (Å²) in [5, 5.41) is 3.01. The van der Waals surface area contributed by atoms with Crippen LogP contribution in [-0.2, 0) is 6.54 Å². The molecular formula is C26H24N6O4. The van der Waals surface area contributed by atoms with E-state index in [1.165, 1.54) is 12.4 Å². The Morgan fingerprint density at radius 3 is 2.50 bits per heavy atom. The van der Waals surface area contributed by atoms with Crippen molar-refractivity contribution in [1.29, 1.82) is 0 Å². The van der Waals surface area contributed by atoms with E-state index in [0.717, 1.165) is 6.42 Å². The Balaban J connectivity index is 1.47. The van der Waals surface area contributed by atoms with E-state index in [2.05, 4.69) is 25.3 Å². The average Bonchev–Trinajstić information content (AvgIpc) is 2.93. The molecule has 1 aliphatic rings. The lowest BCUT2D eigenvalue weighted by molar-refractivity contribution is 0.0922. The van der Waals surface area contributed by atoms with Gasteiger partial charge in [-0.2, -0.15) is 0 Å². The fourth-order valence-electron chi connectivity index (χ4n) is 4.34. The zero-order valence-electron chi connectivity index (χ0n) is 19.8. The third-order valence-corrected chi connectivity index (χ3v) is 6.04. The van der Waals surface area contributed by atoms with Gasteiger partial charge in [-0.1, -0.05) is 12.1 Å². The Kier molecular flexibility index (Phi) is 6.40. The summed E-state index contributed by atoms with van der Waals surface area (Å²) in [5.74, 6) is 1.30. The van der Waals surface area contributed by atoms with Crippen molar-refractivity contribution in [3.05, 3.63) is 82.9 Å². The number of aromatic nitrogens is 5. The largest absolute Gasteiger partial charge is 0.496 e. The Labute approximate surface area is 207 Å². The highest BCUT2D eigenvalue weighted by atomic mass is 16.5. The van der Waals surface area contributed by atoms with Gasteiger partial charge in [0.25, 0.3) is 11.5 Å². The molecule has 1 aromatic carbocycles. The van der Waals surface area contributed by atoms with Crippen molar-refractivity contribution in [2.45, 2.75) is 25.4 Å². The van der Waals surface area contributed by atoms with E-state index in [0.29, 0.717) is 52.9 Å². The molecule has 1 N–H and O–H groups in total. The van der Waals surface area contributed by atoms with E-state index >= 15 is 0 Å². The third kappa shape index (κ3) is 4.40. The Morgan fingerprint density at radius 1 is 1.00 bits per heavy atom. The first-order chi connectivity index (χ1) is 17.6. The predicted octanol–water partition coefficient (Wildman–Crippen LogP) is 3.04. The molecule has 0 aliphatic carbocycles. The summed E-state index contributed by atoms with van der Waals surface area (Å²) in [7, 11) is 3.14. The van der Waals surface area contributed by atoms with E-state index in [4.69, 9.17) is 9.47 Å². The first kappa shape index (κ1) is 23.2. The first-order valence-corrected chi connectivity index (χ1v) is 11.5. The van der Waals surface area contributed by atoms with Crippen LogP contribution < -0.4 is 20.3 Å². The second kappa shape index (κ2) is 9.95. The first-order valence-electron chi connectivity index (χ1n) is 11.5.